The van der Waals surface area contributed by atoms with Gasteiger partial charge in [0.05, 0.1) is 25.7 Å². The molecule has 0 saturated heterocycles. The molecule has 30 heavy (non-hydrogen) atoms. The molecule has 0 unspecified atom stereocenters. The number of amides is 2. The number of anilines is 2. The average Bonchev–Trinajstić information content (AvgIpc) is 3.19. The molecule has 10 heteroatoms. The van der Waals surface area contributed by atoms with E-state index in [0.29, 0.717) is 32.2 Å². The minimum absolute atomic E-state index is 0.126. The fraction of sp³-hybridized carbons (Fsp3) is 0.200. The van der Waals surface area contributed by atoms with E-state index in [1.165, 1.54) is 30.2 Å². The molecule has 0 saturated carbocycles. The van der Waals surface area contributed by atoms with Gasteiger partial charge in [-0.25, -0.2) is 0 Å². The molecule has 1 aromatic heterocycles. The number of nitrogens with zero attached hydrogens (tertiary/aromatic N) is 2. The van der Waals surface area contributed by atoms with Crippen LogP contribution in [0.1, 0.15) is 15.9 Å². The Balaban J connectivity index is 1.56. The Bertz CT molecular complexity index is 1050. The Labute approximate surface area is 182 Å². The first kappa shape index (κ1) is 21.6. The Morgan fingerprint density at radius 1 is 1.07 bits per heavy atom. The zero-order valence-electron chi connectivity index (χ0n) is 16.6. The predicted octanol–water partition coefficient (Wildman–Crippen LogP) is 3.85. The van der Waals surface area contributed by atoms with Crippen LogP contribution >= 0.6 is 23.1 Å². The topological polar surface area (TPSA) is 102 Å². The minimum Gasteiger partial charge on any atom is -0.497 e. The van der Waals surface area contributed by atoms with Crippen molar-refractivity contribution < 1.29 is 19.1 Å². The van der Waals surface area contributed by atoms with E-state index >= 15 is 0 Å². The number of benzene rings is 2. The summed E-state index contributed by atoms with van der Waals surface area (Å²) in [6.07, 6.45) is 0. The molecule has 0 spiro atoms. The van der Waals surface area contributed by atoms with E-state index in [1.807, 2.05) is 19.1 Å². The van der Waals surface area contributed by atoms with E-state index in [1.54, 1.807) is 37.4 Å². The molecule has 2 amide bonds. The predicted molar refractivity (Wildman–Crippen MR) is 118 cm³/mol. The maximum atomic E-state index is 12.4. The van der Waals surface area contributed by atoms with Crippen molar-refractivity contribution in [3.05, 3.63) is 53.6 Å². The highest BCUT2D eigenvalue weighted by Crippen LogP contribution is 2.30. The van der Waals surface area contributed by atoms with Crippen molar-refractivity contribution >= 4 is 45.7 Å². The van der Waals surface area contributed by atoms with Crippen LogP contribution in [0.3, 0.4) is 0 Å². The number of methoxy groups -OCH3 is 2. The summed E-state index contributed by atoms with van der Waals surface area (Å²) in [5.74, 6) is 0.792. The number of rotatable bonds is 8. The van der Waals surface area contributed by atoms with Gasteiger partial charge >= 0.3 is 0 Å². The summed E-state index contributed by atoms with van der Waals surface area (Å²) in [4.78, 5) is 24.7. The quantitative estimate of drug-likeness (QED) is 0.402. The van der Waals surface area contributed by atoms with Gasteiger partial charge in [-0.3, -0.25) is 14.9 Å². The smallest absolute Gasteiger partial charge is 0.257 e. The third-order valence-corrected chi connectivity index (χ3v) is 6.00. The van der Waals surface area contributed by atoms with Gasteiger partial charge in [-0.2, -0.15) is 0 Å². The fourth-order valence-electron chi connectivity index (χ4n) is 2.54. The van der Waals surface area contributed by atoms with Gasteiger partial charge in [0.2, 0.25) is 11.0 Å². The van der Waals surface area contributed by atoms with Crippen LogP contribution in [0.25, 0.3) is 0 Å². The number of thioether (sulfide) groups is 1. The Morgan fingerprint density at radius 3 is 2.60 bits per heavy atom. The maximum Gasteiger partial charge on any atom is 0.257 e. The van der Waals surface area contributed by atoms with Gasteiger partial charge in [-0.15, -0.1) is 10.2 Å². The standard InChI is InChI=1S/C20H20N4O4S2/c1-12-6-4-5-7-14(12)18(26)22-19-23-24-20(30-19)29-11-17(25)21-15-10-13(27-2)8-9-16(15)28-3/h4-10H,11H2,1-3H3,(H,21,25)(H,22,23,26). The summed E-state index contributed by atoms with van der Waals surface area (Å²) in [6.45, 7) is 1.87. The van der Waals surface area contributed by atoms with Gasteiger partial charge in [0.1, 0.15) is 11.5 Å². The second kappa shape index (κ2) is 10.1. The first-order valence-electron chi connectivity index (χ1n) is 8.85. The van der Waals surface area contributed by atoms with Crippen molar-refractivity contribution in [3.8, 4) is 11.5 Å². The fourth-order valence-corrected chi connectivity index (χ4v) is 4.08. The van der Waals surface area contributed by atoms with E-state index < -0.39 is 0 Å². The van der Waals surface area contributed by atoms with Gasteiger partial charge in [-0.1, -0.05) is 41.3 Å². The number of nitrogens with one attached hydrogen (secondary N) is 2. The van der Waals surface area contributed by atoms with Crippen molar-refractivity contribution in [1.82, 2.24) is 10.2 Å². The second-order valence-electron chi connectivity index (χ2n) is 6.05. The van der Waals surface area contributed by atoms with Gasteiger partial charge in [0.25, 0.3) is 5.91 Å². The molecule has 3 rings (SSSR count). The normalized spacial score (nSPS) is 10.4. The van der Waals surface area contributed by atoms with Crippen LogP contribution in [0.4, 0.5) is 10.8 Å². The van der Waals surface area contributed by atoms with Gasteiger partial charge in [-0.05, 0) is 30.7 Å². The Kier molecular flexibility index (Phi) is 7.26. The number of carbonyl (C=O) groups is 2. The molecule has 8 nitrogen and oxygen atoms in total. The molecule has 0 atom stereocenters. The molecule has 0 radical (unpaired) electrons. The number of aryl methyl sites for hydroxylation is 1. The van der Waals surface area contributed by atoms with Crippen molar-refractivity contribution in [2.24, 2.45) is 0 Å². The third-order valence-electron chi connectivity index (χ3n) is 4.02. The summed E-state index contributed by atoms with van der Waals surface area (Å²) in [7, 11) is 3.08. The van der Waals surface area contributed by atoms with Gasteiger partial charge < -0.3 is 14.8 Å². The Hall–Kier alpha value is -3.11. The summed E-state index contributed by atoms with van der Waals surface area (Å²) in [5.41, 5.74) is 1.97. The van der Waals surface area contributed by atoms with E-state index in [0.717, 1.165) is 5.56 Å². The minimum atomic E-state index is -0.247. The Morgan fingerprint density at radius 2 is 1.87 bits per heavy atom. The molecule has 3 aromatic rings. The molecular formula is C20H20N4O4S2. The monoisotopic (exact) mass is 444 g/mol. The van der Waals surface area contributed by atoms with Gasteiger partial charge in [0, 0.05) is 11.6 Å². The molecule has 0 fully saturated rings. The van der Waals surface area contributed by atoms with E-state index in [4.69, 9.17) is 9.47 Å². The number of hydrogen-bond acceptors (Lipinski definition) is 8. The lowest BCUT2D eigenvalue weighted by Crippen LogP contribution is -2.14. The van der Waals surface area contributed by atoms with Crippen molar-refractivity contribution in [2.75, 3.05) is 30.6 Å². The van der Waals surface area contributed by atoms with Gasteiger partial charge in [0.15, 0.2) is 4.34 Å². The molecule has 2 N–H and O–H groups in total. The first-order chi connectivity index (χ1) is 14.5. The zero-order chi connectivity index (χ0) is 21.5. The number of hydrogen-bond donors (Lipinski definition) is 2. The number of ether oxygens (including phenoxy) is 2. The van der Waals surface area contributed by atoms with E-state index in [9.17, 15) is 9.59 Å². The summed E-state index contributed by atoms with van der Waals surface area (Å²) in [6, 6.07) is 12.4. The highest BCUT2D eigenvalue weighted by Gasteiger charge is 2.14. The molecule has 2 aromatic carbocycles. The summed E-state index contributed by atoms with van der Waals surface area (Å²) >= 11 is 2.44. The maximum absolute atomic E-state index is 12.4. The highest BCUT2D eigenvalue weighted by atomic mass is 32.2. The molecular weight excluding hydrogens is 424 g/mol. The zero-order valence-corrected chi connectivity index (χ0v) is 18.2. The molecule has 0 aliphatic carbocycles. The van der Waals surface area contributed by atoms with Crippen LogP contribution in [-0.2, 0) is 4.79 Å². The molecule has 156 valence electrons. The molecule has 0 aliphatic rings. The largest absolute Gasteiger partial charge is 0.497 e. The third kappa shape index (κ3) is 5.49. The van der Waals surface area contributed by atoms with Crippen LogP contribution in [0, 0.1) is 6.92 Å². The summed E-state index contributed by atoms with van der Waals surface area (Å²) in [5, 5.41) is 13.9. The lowest BCUT2D eigenvalue weighted by molar-refractivity contribution is -0.113. The van der Waals surface area contributed by atoms with Crippen molar-refractivity contribution in [2.45, 2.75) is 11.3 Å². The first-order valence-corrected chi connectivity index (χ1v) is 10.7. The lowest BCUT2D eigenvalue weighted by atomic mass is 10.1. The van der Waals surface area contributed by atoms with Crippen LogP contribution in [0.5, 0.6) is 11.5 Å². The summed E-state index contributed by atoms with van der Waals surface area (Å²) < 4.78 is 11.0. The van der Waals surface area contributed by atoms with Crippen LogP contribution in [0.2, 0.25) is 0 Å². The van der Waals surface area contributed by atoms with Crippen molar-refractivity contribution in [1.29, 1.82) is 0 Å². The van der Waals surface area contributed by atoms with Crippen LogP contribution in [-0.4, -0.2) is 42.0 Å². The lowest BCUT2D eigenvalue weighted by Gasteiger charge is -2.11. The number of carbonyl (C=O) groups excluding carboxylic acids is 2. The van der Waals surface area contributed by atoms with Crippen LogP contribution < -0.4 is 20.1 Å². The second-order valence-corrected chi connectivity index (χ2v) is 8.25. The molecule has 0 aliphatic heterocycles. The SMILES string of the molecule is COc1ccc(OC)c(NC(=O)CSc2nnc(NC(=O)c3ccccc3C)s2)c1. The average molecular weight is 445 g/mol. The highest BCUT2D eigenvalue weighted by molar-refractivity contribution is 8.01. The molecule has 1 heterocycles. The van der Waals surface area contributed by atoms with Crippen LogP contribution in [0.15, 0.2) is 46.8 Å². The number of aromatic nitrogens is 2. The van der Waals surface area contributed by atoms with E-state index in [-0.39, 0.29) is 17.6 Å². The van der Waals surface area contributed by atoms with Crippen molar-refractivity contribution in [3.63, 3.8) is 0 Å². The molecule has 0 bridgehead atoms. The van der Waals surface area contributed by atoms with E-state index in [2.05, 4.69) is 20.8 Å².